The summed E-state index contributed by atoms with van der Waals surface area (Å²) in [5.74, 6) is 0.588. The average Bonchev–Trinajstić information content (AvgIpc) is 3.31. The van der Waals surface area contributed by atoms with Crippen LogP contribution in [-0.2, 0) is 11.3 Å². The van der Waals surface area contributed by atoms with Crippen molar-refractivity contribution in [2.45, 2.75) is 44.7 Å². The molecule has 2 heteroatoms. The Kier molecular flexibility index (Phi) is 3.67. The monoisotopic (exact) mass is 255 g/mol. The summed E-state index contributed by atoms with van der Waals surface area (Å²) in [7, 11) is 0. The lowest BCUT2D eigenvalue weighted by Gasteiger charge is -2.28. The van der Waals surface area contributed by atoms with E-state index >= 15 is 0 Å². The van der Waals surface area contributed by atoms with Gasteiger partial charge in [0, 0.05) is 18.5 Å². The summed E-state index contributed by atoms with van der Waals surface area (Å²) >= 11 is 0. The maximum atomic E-state index is 12.7. The molecule has 0 spiro atoms. The fraction of sp³-hybridized carbons (Fsp3) is 0.471. The molecule has 1 aromatic rings. The van der Waals surface area contributed by atoms with Crippen molar-refractivity contribution in [1.82, 2.24) is 4.90 Å². The van der Waals surface area contributed by atoms with E-state index in [1.807, 2.05) is 18.2 Å². The van der Waals surface area contributed by atoms with Gasteiger partial charge in [-0.3, -0.25) is 4.79 Å². The van der Waals surface area contributed by atoms with E-state index in [1.54, 1.807) is 0 Å². The number of nitrogens with zero attached hydrogens (tertiary/aromatic N) is 1. The van der Waals surface area contributed by atoms with Crippen LogP contribution in [0.2, 0.25) is 0 Å². The number of rotatable bonds is 4. The molecule has 1 fully saturated rings. The van der Waals surface area contributed by atoms with Gasteiger partial charge in [0.1, 0.15) is 0 Å². The molecule has 19 heavy (non-hydrogen) atoms. The summed E-state index contributed by atoms with van der Waals surface area (Å²) < 4.78 is 0. The summed E-state index contributed by atoms with van der Waals surface area (Å²) in [6, 6.07) is 10.9. The topological polar surface area (TPSA) is 20.3 Å². The third-order valence-corrected chi connectivity index (χ3v) is 4.08. The van der Waals surface area contributed by atoms with Gasteiger partial charge in [0.05, 0.1) is 0 Å². The van der Waals surface area contributed by atoms with Gasteiger partial charge < -0.3 is 4.90 Å². The van der Waals surface area contributed by atoms with Gasteiger partial charge in [0.25, 0.3) is 0 Å². The molecule has 1 saturated carbocycles. The van der Waals surface area contributed by atoms with Gasteiger partial charge >= 0.3 is 0 Å². The van der Waals surface area contributed by atoms with Crippen molar-refractivity contribution in [3.05, 3.63) is 48.0 Å². The van der Waals surface area contributed by atoms with E-state index in [9.17, 15) is 4.79 Å². The minimum Gasteiger partial charge on any atom is -0.335 e. The van der Waals surface area contributed by atoms with Crippen LogP contribution in [-0.4, -0.2) is 16.8 Å². The Morgan fingerprint density at radius 3 is 2.53 bits per heavy atom. The zero-order chi connectivity index (χ0) is 13.1. The molecule has 2 nitrogen and oxygen atoms in total. The smallest absolute Gasteiger partial charge is 0.226 e. The fourth-order valence-corrected chi connectivity index (χ4v) is 2.81. The molecule has 100 valence electrons. The van der Waals surface area contributed by atoms with E-state index in [2.05, 4.69) is 29.2 Å². The first-order valence-electron chi connectivity index (χ1n) is 7.34. The number of amides is 1. The fourth-order valence-electron chi connectivity index (χ4n) is 2.81. The van der Waals surface area contributed by atoms with E-state index in [0.717, 1.165) is 25.8 Å². The molecule has 0 saturated heterocycles. The van der Waals surface area contributed by atoms with Crippen LogP contribution < -0.4 is 0 Å². The lowest BCUT2D eigenvalue weighted by molar-refractivity contribution is -0.137. The molecule has 0 aromatic heterocycles. The largest absolute Gasteiger partial charge is 0.335 e. The first-order valence-corrected chi connectivity index (χ1v) is 7.34. The van der Waals surface area contributed by atoms with Crippen molar-refractivity contribution in [3.63, 3.8) is 0 Å². The Labute approximate surface area is 115 Å². The molecule has 0 radical (unpaired) electrons. The molecule has 1 amide bonds. The number of hydrogen-bond donors (Lipinski definition) is 0. The van der Waals surface area contributed by atoms with E-state index in [0.29, 0.717) is 11.9 Å². The molecule has 3 rings (SSSR count). The van der Waals surface area contributed by atoms with Crippen LogP contribution in [0.15, 0.2) is 42.5 Å². The van der Waals surface area contributed by atoms with Gasteiger partial charge in [0.2, 0.25) is 5.91 Å². The molecule has 2 aliphatic rings. The van der Waals surface area contributed by atoms with E-state index < -0.39 is 0 Å². The minimum absolute atomic E-state index is 0.217. The highest BCUT2D eigenvalue weighted by atomic mass is 16.2. The van der Waals surface area contributed by atoms with Crippen molar-refractivity contribution < 1.29 is 4.79 Å². The van der Waals surface area contributed by atoms with Crippen LogP contribution in [0.1, 0.15) is 37.7 Å². The second kappa shape index (κ2) is 5.60. The highest BCUT2D eigenvalue weighted by molar-refractivity contribution is 5.79. The molecular formula is C17H21NO. The third kappa shape index (κ3) is 3.06. The Bertz CT molecular complexity index is 461. The maximum absolute atomic E-state index is 12.7. The predicted molar refractivity (Wildman–Crippen MR) is 76.5 cm³/mol. The Morgan fingerprint density at radius 2 is 1.89 bits per heavy atom. The van der Waals surface area contributed by atoms with Crippen LogP contribution in [0.5, 0.6) is 0 Å². The minimum atomic E-state index is 0.217. The molecule has 0 bridgehead atoms. The second-order valence-electron chi connectivity index (χ2n) is 5.66. The van der Waals surface area contributed by atoms with Crippen molar-refractivity contribution in [3.8, 4) is 0 Å². The van der Waals surface area contributed by atoms with Crippen LogP contribution in [0.25, 0.3) is 0 Å². The molecule has 2 aliphatic carbocycles. The van der Waals surface area contributed by atoms with Crippen LogP contribution in [0, 0.1) is 5.92 Å². The number of carbonyl (C=O) groups excluding carboxylic acids is 1. The zero-order valence-electron chi connectivity index (χ0n) is 11.3. The molecule has 0 heterocycles. The summed E-state index contributed by atoms with van der Waals surface area (Å²) in [6.45, 7) is 0.782. The maximum Gasteiger partial charge on any atom is 0.226 e. The average molecular weight is 255 g/mol. The first kappa shape index (κ1) is 12.5. The lowest BCUT2D eigenvalue weighted by Crippen LogP contribution is -2.37. The molecule has 1 unspecified atom stereocenters. The number of hydrogen-bond acceptors (Lipinski definition) is 1. The molecule has 1 aromatic carbocycles. The summed E-state index contributed by atoms with van der Waals surface area (Å²) in [5.41, 5.74) is 1.24. The Hall–Kier alpha value is -1.57. The summed E-state index contributed by atoms with van der Waals surface area (Å²) in [4.78, 5) is 14.8. The Balaban J connectivity index is 1.70. The number of benzene rings is 1. The molecule has 0 aliphatic heterocycles. The SMILES string of the molecule is O=C(C1CC=CCC1)N(Cc1ccccc1)C1CC1. The van der Waals surface area contributed by atoms with Crippen molar-refractivity contribution in [2.75, 3.05) is 0 Å². The van der Waals surface area contributed by atoms with E-state index in [1.165, 1.54) is 18.4 Å². The van der Waals surface area contributed by atoms with Crippen molar-refractivity contribution >= 4 is 5.91 Å². The molecular weight excluding hydrogens is 234 g/mol. The highest BCUT2D eigenvalue weighted by Gasteiger charge is 2.35. The molecule has 0 N–H and O–H groups in total. The quantitative estimate of drug-likeness (QED) is 0.754. The van der Waals surface area contributed by atoms with E-state index in [-0.39, 0.29) is 5.92 Å². The van der Waals surface area contributed by atoms with Crippen LogP contribution in [0.3, 0.4) is 0 Å². The van der Waals surface area contributed by atoms with Crippen LogP contribution in [0.4, 0.5) is 0 Å². The third-order valence-electron chi connectivity index (χ3n) is 4.08. The van der Waals surface area contributed by atoms with Crippen LogP contribution >= 0.6 is 0 Å². The summed E-state index contributed by atoms with van der Waals surface area (Å²) in [6.07, 6.45) is 9.73. The van der Waals surface area contributed by atoms with Gasteiger partial charge in [0.15, 0.2) is 0 Å². The summed E-state index contributed by atoms with van der Waals surface area (Å²) in [5, 5.41) is 0. The Morgan fingerprint density at radius 1 is 1.11 bits per heavy atom. The van der Waals surface area contributed by atoms with Gasteiger partial charge in [-0.1, -0.05) is 42.5 Å². The second-order valence-corrected chi connectivity index (χ2v) is 5.66. The predicted octanol–water partition coefficient (Wildman–Crippen LogP) is 3.53. The van der Waals surface area contributed by atoms with Crippen molar-refractivity contribution in [2.24, 2.45) is 5.92 Å². The highest BCUT2D eigenvalue weighted by Crippen LogP contribution is 2.32. The van der Waals surface area contributed by atoms with Gasteiger partial charge in [-0.25, -0.2) is 0 Å². The van der Waals surface area contributed by atoms with Crippen molar-refractivity contribution in [1.29, 1.82) is 0 Å². The number of carbonyl (C=O) groups is 1. The standard InChI is InChI=1S/C17H21NO/c19-17(15-9-5-2-6-10-15)18(16-11-12-16)13-14-7-3-1-4-8-14/h1-5,7-8,15-16H,6,9-13H2. The van der Waals surface area contributed by atoms with E-state index in [4.69, 9.17) is 0 Å². The lowest BCUT2D eigenvalue weighted by atomic mass is 9.93. The number of allylic oxidation sites excluding steroid dienone is 2. The van der Waals surface area contributed by atoms with Gasteiger partial charge in [-0.2, -0.15) is 0 Å². The normalized spacial score (nSPS) is 22.2. The van der Waals surface area contributed by atoms with Gasteiger partial charge in [-0.15, -0.1) is 0 Å². The van der Waals surface area contributed by atoms with Gasteiger partial charge in [-0.05, 0) is 37.7 Å². The first-order chi connectivity index (χ1) is 9.34. The zero-order valence-corrected chi connectivity index (χ0v) is 11.3. The molecule has 1 atom stereocenters.